The summed E-state index contributed by atoms with van der Waals surface area (Å²) < 4.78 is 0. The second kappa shape index (κ2) is 13.9. The summed E-state index contributed by atoms with van der Waals surface area (Å²) in [5, 5.41) is 58.0. The fraction of sp³-hybridized carbons (Fsp3) is 0.500. The van der Waals surface area contributed by atoms with Crippen molar-refractivity contribution < 1.29 is 65.2 Å². The summed E-state index contributed by atoms with van der Waals surface area (Å²) in [4.78, 5) is 49.9. The predicted molar refractivity (Wildman–Crippen MR) is 75.1 cm³/mol. The number of rotatable bonds is 8. The Morgan fingerprint density at radius 1 is 0.792 bits per heavy atom. The molecule has 0 amide bonds. The molecule has 0 aliphatic heterocycles. The van der Waals surface area contributed by atoms with Gasteiger partial charge in [-0.15, -0.1) is 0 Å². The molecular weight excluding hydrogens is 368 g/mol. The van der Waals surface area contributed by atoms with E-state index in [0.29, 0.717) is 0 Å². The fourth-order valence-corrected chi connectivity index (χ4v) is 0.967. The first-order valence-corrected chi connectivity index (χ1v) is 5.34. The third-order valence-electron chi connectivity index (χ3n) is 1.94. The van der Waals surface area contributed by atoms with Crippen molar-refractivity contribution in [3.63, 3.8) is 0 Å². The predicted octanol–water partition coefficient (Wildman–Crippen LogP) is -4.08. The average molecular weight is 386 g/mol. The monoisotopic (exact) mass is 386 g/mol. The van der Waals surface area contributed by atoms with E-state index in [2.05, 4.69) is 0 Å². The Morgan fingerprint density at radius 3 is 1.25 bits per heavy atom. The van der Waals surface area contributed by atoms with Crippen LogP contribution in [0.25, 0.3) is 0 Å². The van der Waals surface area contributed by atoms with Gasteiger partial charge in [0.05, 0.1) is 19.3 Å². The van der Waals surface area contributed by atoms with Gasteiger partial charge < -0.3 is 41.2 Å². The van der Waals surface area contributed by atoms with Gasteiger partial charge in [-0.2, -0.15) is 0 Å². The van der Waals surface area contributed by atoms with Crippen LogP contribution in [0.2, 0.25) is 0 Å². The fourth-order valence-electron chi connectivity index (χ4n) is 0.967. The first kappa shape index (κ1) is 30.4. The second-order valence-corrected chi connectivity index (χ2v) is 3.93. The molecule has 0 spiro atoms. The van der Waals surface area contributed by atoms with Gasteiger partial charge in [0, 0.05) is 0 Å². The number of carboxylic acids is 5. The van der Waals surface area contributed by atoms with Crippen molar-refractivity contribution >= 4 is 67.6 Å². The van der Waals surface area contributed by atoms with Crippen molar-refractivity contribution in [2.75, 3.05) is 0 Å². The molecule has 138 valence electrons. The molecule has 14 heteroatoms. The molecule has 0 saturated carbocycles. The van der Waals surface area contributed by atoms with E-state index in [9.17, 15) is 24.0 Å². The van der Waals surface area contributed by atoms with Gasteiger partial charge in [-0.1, -0.05) is 0 Å². The Morgan fingerprint density at radius 2 is 1.12 bits per heavy atom. The first-order chi connectivity index (χ1) is 9.81. The summed E-state index contributed by atoms with van der Waals surface area (Å²) in [6.07, 6.45) is -4.83. The summed E-state index contributed by atoms with van der Waals surface area (Å²) in [6, 6.07) is 0. The molecule has 0 aromatic carbocycles. The van der Waals surface area contributed by atoms with E-state index in [1.807, 2.05) is 0 Å². The molecule has 13 nitrogen and oxygen atoms in total. The number of aliphatic carboxylic acids is 5. The normalized spacial score (nSPS) is 10.6. The van der Waals surface area contributed by atoms with Gasteiger partial charge in [-0.3, -0.25) is 14.4 Å². The van der Waals surface area contributed by atoms with E-state index >= 15 is 0 Å². The summed E-state index contributed by atoms with van der Waals surface area (Å²) in [7, 11) is 0. The van der Waals surface area contributed by atoms with Crippen LogP contribution in [0.5, 0.6) is 0 Å². The molecule has 1 atom stereocenters. The first-order valence-electron chi connectivity index (χ1n) is 5.34. The van der Waals surface area contributed by atoms with Crippen molar-refractivity contribution in [3.05, 3.63) is 0 Å². The van der Waals surface area contributed by atoms with E-state index in [0.717, 1.165) is 0 Å². The molecule has 0 bridgehead atoms. The van der Waals surface area contributed by atoms with Crippen molar-refractivity contribution in [1.82, 2.24) is 0 Å². The zero-order valence-electron chi connectivity index (χ0n) is 11.4. The molecule has 0 fully saturated rings. The van der Waals surface area contributed by atoms with Crippen molar-refractivity contribution in [2.24, 2.45) is 0 Å². The van der Waals surface area contributed by atoms with E-state index < -0.39 is 60.8 Å². The van der Waals surface area contributed by atoms with E-state index in [-0.39, 0.29) is 43.2 Å². The number of carboxylic acid groups (broad SMARTS) is 5. The molecule has 9 N–H and O–H groups in total. The summed E-state index contributed by atoms with van der Waals surface area (Å²) in [5.41, 5.74) is -2.74. The molecule has 0 radical (unpaired) electrons. The Labute approximate surface area is 163 Å². The zero-order valence-corrected chi connectivity index (χ0v) is 11.4. The number of carbonyl (C=O) groups is 5. The molecule has 0 heterocycles. The van der Waals surface area contributed by atoms with Crippen LogP contribution in [0.15, 0.2) is 0 Å². The second-order valence-electron chi connectivity index (χ2n) is 3.93. The minimum absolute atomic E-state index is 0. The van der Waals surface area contributed by atoms with Crippen LogP contribution in [0.4, 0.5) is 0 Å². The minimum atomic E-state index is -2.74. The maximum absolute atomic E-state index is 10.3. The van der Waals surface area contributed by atoms with Gasteiger partial charge in [0.25, 0.3) is 0 Å². The molecule has 24 heavy (non-hydrogen) atoms. The van der Waals surface area contributed by atoms with E-state index in [4.69, 9.17) is 35.7 Å². The van der Waals surface area contributed by atoms with E-state index in [1.54, 1.807) is 0 Å². The van der Waals surface area contributed by atoms with Gasteiger partial charge in [0.1, 0.15) is 0 Å². The third kappa shape index (κ3) is 15.4. The average Bonchev–Trinajstić information content (AvgIpc) is 2.25. The van der Waals surface area contributed by atoms with Gasteiger partial charge in [0.2, 0.25) is 0 Å². The Hall–Kier alpha value is -1.51. The van der Waals surface area contributed by atoms with Crippen LogP contribution < -0.4 is 0 Å². The maximum atomic E-state index is 10.3. The van der Waals surface area contributed by atoms with Crippen LogP contribution in [-0.2, 0) is 24.0 Å². The quantitative estimate of drug-likeness (QED) is 0.196. The van der Waals surface area contributed by atoms with Crippen LogP contribution in [-0.4, -0.2) is 121 Å². The molecule has 0 aromatic rings. The SMILES string of the molecule is O.O=C(O)CC(O)(CC(=O)O)C(=O)O.O=C(O)CC(O)C(=O)O.[CaH2]. The van der Waals surface area contributed by atoms with Crippen LogP contribution in [0.3, 0.4) is 0 Å². The molecule has 0 saturated heterocycles. The number of aliphatic hydroxyl groups is 2. The Balaban J connectivity index is -0.000000162. The zero-order chi connectivity index (χ0) is 18.1. The van der Waals surface area contributed by atoms with Gasteiger partial charge in [-0.05, 0) is 0 Å². The molecule has 0 aliphatic carbocycles. The van der Waals surface area contributed by atoms with Crippen LogP contribution >= 0.6 is 0 Å². The molecule has 0 aromatic heterocycles. The molecule has 0 aliphatic rings. The number of hydrogen-bond acceptors (Lipinski definition) is 7. The summed E-state index contributed by atoms with van der Waals surface area (Å²) in [6.45, 7) is 0. The Kier molecular flexibility index (Phi) is 17.6. The Bertz CT molecular complexity index is 444. The third-order valence-corrected chi connectivity index (χ3v) is 1.94. The molecular formula is C10H18CaO13. The van der Waals surface area contributed by atoms with Crippen molar-refractivity contribution in [3.8, 4) is 0 Å². The molecule has 0 rings (SSSR count). The number of hydrogen-bond donors (Lipinski definition) is 7. The van der Waals surface area contributed by atoms with Gasteiger partial charge in [0.15, 0.2) is 11.7 Å². The topological polar surface area (TPSA) is 258 Å². The molecule has 1 unspecified atom stereocenters. The summed E-state index contributed by atoms with van der Waals surface area (Å²) in [5.74, 6) is -7.86. The van der Waals surface area contributed by atoms with Crippen molar-refractivity contribution in [1.29, 1.82) is 0 Å². The number of aliphatic hydroxyl groups excluding tert-OH is 1. The summed E-state index contributed by atoms with van der Waals surface area (Å²) >= 11 is 0. The van der Waals surface area contributed by atoms with E-state index in [1.165, 1.54) is 0 Å². The van der Waals surface area contributed by atoms with Crippen molar-refractivity contribution in [2.45, 2.75) is 31.0 Å². The van der Waals surface area contributed by atoms with Crippen LogP contribution in [0.1, 0.15) is 19.3 Å². The van der Waals surface area contributed by atoms with Gasteiger partial charge >= 0.3 is 67.6 Å². The standard InChI is InChI=1S/C6H8O7.C4H6O5.Ca.H2O.2H/c7-3(8)1-6(13,5(11)12)2-4(9)10;5-2(4(8)9)1-3(6)7;;;;/h13H,1-2H2,(H,7,8)(H,9,10)(H,11,12);2,5H,1H2,(H,6,7)(H,8,9);;1H2;;. The van der Waals surface area contributed by atoms with Gasteiger partial charge in [-0.25, -0.2) is 9.59 Å². The van der Waals surface area contributed by atoms with Crippen LogP contribution in [0, 0.1) is 0 Å².